The summed E-state index contributed by atoms with van der Waals surface area (Å²) in [4.78, 5) is 13.8. The molecule has 2 rings (SSSR count). The number of amides is 2. The van der Waals surface area contributed by atoms with Gasteiger partial charge in [-0.15, -0.1) is 0 Å². The topological polar surface area (TPSA) is 41.6 Å². The summed E-state index contributed by atoms with van der Waals surface area (Å²) in [7, 11) is 1.89. The molecule has 98 valence electrons. The van der Waals surface area contributed by atoms with Crippen LogP contribution in [0.1, 0.15) is 38.5 Å². The van der Waals surface area contributed by atoms with E-state index in [4.69, 9.17) is 4.74 Å². The van der Waals surface area contributed by atoms with Gasteiger partial charge < -0.3 is 15.0 Å². The number of nitrogens with one attached hydrogen (secondary N) is 1. The lowest BCUT2D eigenvalue weighted by atomic mass is 9.96. The van der Waals surface area contributed by atoms with Gasteiger partial charge in [0.25, 0.3) is 0 Å². The first kappa shape index (κ1) is 12.7. The van der Waals surface area contributed by atoms with Gasteiger partial charge in [-0.2, -0.15) is 0 Å². The molecule has 0 bridgehead atoms. The largest absolute Gasteiger partial charge is 0.381 e. The van der Waals surface area contributed by atoms with Crippen molar-refractivity contribution in [3.63, 3.8) is 0 Å². The maximum atomic E-state index is 12.0. The SMILES string of the molecule is CN(CC1CCOC1)C(=O)NC1CCCCC1. The zero-order valence-corrected chi connectivity index (χ0v) is 10.8. The Morgan fingerprint density at radius 2 is 2.06 bits per heavy atom. The molecule has 1 aliphatic carbocycles. The van der Waals surface area contributed by atoms with E-state index < -0.39 is 0 Å². The maximum Gasteiger partial charge on any atom is 0.317 e. The van der Waals surface area contributed by atoms with Gasteiger partial charge in [0.1, 0.15) is 0 Å². The van der Waals surface area contributed by atoms with Crippen LogP contribution in [0.3, 0.4) is 0 Å². The fraction of sp³-hybridized carbons (Fsp3) is 0.923. The van der Waals surface area contributed by atoms with Crippen molar-refractivity contribution in [2.75, 3.05) is 26.8 Å². The molecule has 17 heavy (non-hydrogen) atoms. The minimum Gasteiger partial charge on any atom is -0.381 e. The van der Waals surface area contributed by atoms with Gasteiger partial charge in [-0.05, 0) is 19.3 Å². The van der Waals surface area contributed by atoms with E-state index in [2.05, 4.69) is 5.32 Å². The molecule has 1 N–H and O–H groups in total. The maximum absolute atomic E-state index is 12.0. The van der Waals surface area contributed by atoms with Crippen molar-refractivity contribution >= 4 is 6.03 Å². The summed E-state index contributed by atoms with van der Waals surface area (Å²) in [5, 5.41) is 3.14. The first-order chi connectivity index (χ1) is 8.25. The van der Waals surface area contributed by atoms with E-state index in [1.54, 1.807) is 0 Å². The highest BCUT2D eigenvalue weighted by Crippen LogP contribution is 2.18. The van der Waals surface area contributed by atoms with Crippen LogP contribution in [-0.4, -0.2) is 43.8 Å². The summed E-state index contributed by atoms with van der Waals surface area (Å²) >= 11 is 0. The monoisotopic (exact) mass is 240 g/mol. The zero-order valence-electron chi connectivity index (χ0n) is 10.8. The molecule has 2 fully saturated rings. The van der Waals surface area contributed by atoms with Crippen molar-refractivity contribution in [3.05, 3.63) is 0 Å². The Labute approximate surface area is 104 Å². The Kier molecular flexibility index (Phi) is 4.66. The molecule has 2 aliphatic rings. The molecule has 1 aliphatic heterocycles. The van der Waals surface area contributed by atoms with E-state index >= 15 is 0 Å². The molecular weight excluding hydrogens is 216 g/mol. The van der Waals surface area contributed by atoms with Crippen molar-refractivity contribution in [2.24, 2.45) is 5.92 Å². The minimum atomic E-state index is 0.0869. The molecule has 1 saturated heterocycles. The molecule has 4 heteroatoms. The molecule has 0 radical (unpaired) electrons. The highest BCUT2D eigenvalue weighted by molar-refractivity contribution is 5.74. The van der Waals surface area contributed by atoms with Crippen molar-refractivity contribution < 1.29 is 9.53 Å². The van der Waals surface area contributed by atoms with Gasteiger partial charge in [0.15, 0.2) is 0 Å². The third-order valence-corrected chi connectivity index (χ3v) is 3.84. The van der Waals surface area contributed by atoms with Crippen LogP contribution in [0.5, 0.6) is 0 Å². The Morgan fingerprint density at radius 3 is 2.71 bits per heavy atom. The Morgan fingerprint density at radius 1 is 1.29 bits per heavy atom. The fourth-order valence-corrected chi connectivity index (χ4v) is 2.73. The highest BCUT2D eigenvalue weighted by atomic mass is 16.5. The minimum absolute atomic E-state index is 0.0869. The van der Waals surface area contributed by atoms with Gasteiger partial charge >= 0.3 is 6.03 Å². The third-order valence-electron chi connectivity index (χ3n) is 3.84. The predicted octanol–water partition coefficient (Wildman–Crippen LogP) is 2.00. The van der Waals surface area contributed by atoms with Crippen LogP contribution in [0.15, 0.2) is 0 Å². The van der Waals surface area contributed by atoms with E-state index in [-0.39, 0.29) is 6.03 Å². The number of hydrogen-bond acceptors (Lipinski definition) is 2. The molecule has 1 heterocycles. The number of urea groups is 1. The summed E-state index contributed by atoms with van der Waals surface area (Å²) in [6.45, 7) is 2.47. The van der Waals surface area contributed by atoms with Gasteiger partial charge in [0.05, 0.1) is 6.61 Å². The number of hydrogen-bond donors (Lipinski definition) is 1. The lowest BCUT2D eigenvalue weighted by molar-refractivity contribution is 0.169. The standard InChI is InChI=1S/C13H24N2O2/c1-15(9-11-7-8-17-10-11)13(16)14-12-5-3-2-4-6-12/h11-12H,2-10H2,1H3,(H,14,16). The summed E-state index contributed by atoms with van der Waals surface area (Å²) in [5.41, 5.74) is 0. The van der Waals surface area contributed by atoms with Crippen LogP contribution in [0, 0.1) is 5.92 Å². The Bertz CT molecular complexity index is 246. The van der Waals surface area contributed by atoms with Crippen molar-refractivity contribution in [2.45, 2.75) is 44.6 Å². The van der Waals surface area contributed by atoms with Crippen LogP contribution in [0.4, 0.5) is 4.79 Å². The molecule has 2 amide bonds. The van der Waals surface area contributed by atoms with E-state index in [9.17, 15) is 4.79 Å². The molecule has 1 unspecified atom stereocenters. The molecule has 0 aromatic carbocycles. The van der Waals surface area contributed by atoms with Crippen LogP contribution >= 0.6 is 0 Å². The molecule has 1 saturated carbocycles. The quantitative estimate of drug-likeness (QED) is 0.819. The van der Waals surface area contributed by atoms with Gasteiger partial charge in [-0.25, -0.2) is 4.79 Å². The fourth-order valence-electron chi connectivity index (χ4n) is 2.73. The van der Waals surface area contributed by atoms with Crippen LogP contribution in [0.2, 0.25) is 0 Å². The average molecular weight is 240 g/mol. The molecule has 4 nitrogen and oxygen atoms in total. The molecule has 0 aromatic heterocycles. The lowest BCUT2D eigenvalue weighted by Crippen LogP contribution is -2.45. The van der Waals surface area contributed by atoms with Crippen LogP contribution in [0.25, 0.3) is 0 Å². The van der Waals surface area contributed by atoms with E-state index in [0.29, 0.717) is 12.0 Å². The second kappa shape index (κ2) is 6.24. The summed E-state index contributed by atoms with van der Waals surface area (Å²) in [6.07, 6.45) is 7.21. The van der Waals surface area contributed by atoms with Gasteiger partial charge in [-0.1, -0.05) is 19.3 Å². The second-order valence-corrected chi connectivity index (χ2v) is 5.39. The van der Waals surface area contributed by atoms with Gasteiger partial charge in [0.2, 0.25) is 0 Å². The normalized spacial score (nSPS) is 25.8. The highest BCUT2D eigenvalue weighted by Gasteiger charge is 2.22. The third kappa shape index (κ3) is 3.87. The van der Waals surface area contributed by atoms with E-state index in [0.717, 1.165) is 39.0 Å². The molecule has 1 atom stereocenters. The second-order valence-electron chi connectivity index (χ2n) is 5.39. The predicted molar refractivity (Wildman–Crippen MR) is 67.0 cm³/mol. The van der Waals surface area contributed by atoms with Crippen LogP contribution < -0.4 is 5.32 Å². The van der Waals surface area contributed by atoms with Crippen LogP contribution in [-0.2, 0) is 4.74 Å². The summed E-state index contributed by atoms with van der Waals surface area (Å²) < 4.78 is 5.33. The average Bonchev–Trinajstić information content (AvgIpc) is 2.83. The molecule has 0 aromatic rings. The van der Waals surface area contributed by atoms with Crippen molar-refractivity contribution in [3.8, 4) is 0 Å². The zero-order chi connectivity index (χ0) is 12.1. The molecule has 0 spiro atoms. The first-order valence-corrected chi connectivity index (χ1v) is 6.85. The smallest absolute Gasteiger partial charge is 0.317 e. The molecular formula is C13H24N2O2. The lowest BCUT2D eigenvalue weighted by Gasteiger charge is -2.27. The Balaban J connectivity index is 1.70. The first-order valence-electron chi connectivity index (χ1n) is 6.85. The number of rotatable bonds is 3. The van der Waals surface area contributed by atoms with E-state index in [1.165, 1.54) is 19.3 Å². The summed E-state index contributed by atoms with van der Waals surface area (Å²) in [6, 6.07) is 0.488. The van der Waals surface area contributed by atoms with Gasteiger partial charge in [-0.3, -0.25) is 0 Å². The number of nitrogens with zero attached hydrogens (tertiary/aromatic N) is 1. The van der Waals surface area contributed by atoms with Crippen molar-refractivity contribution in [1.29, 1.82) is 0 Å². The van der Waals surface area contributed by atoms with E-state index in [1.807, 2.05) is 11.9 Å². The number of carbonyl (C=O) groups is 1. The van der Waals surface area contributed by atoms with Crippen molar-refractivity contribution in [1.82, 2.24) is 10.2 Å². The number of carbonyl (C=O) groups excluding carboxylic acids is 1. The Hall–Kier alpha value is -0.770. The van der Waals surface area contributed by atoms with Gasteiger partial charge in [0, 0.05) is 32.2 Å². The summed E-state index contributed by atoms with van der Waals surface area (Å²) in [5.74, 6) is 0.525. The number of ether oxygens (including phenoxy) is 1.